The number of hydrogen-bond donors (Lipinski definition) is 1. The molecule has 5 rings (SSSR count). The number of nitrogens with one attached hydrogen (secondary N) is 1. The second kappa shape index (κ2) is 6.82. The van der Waals surface area contributed by atoms with Crippen molar-refractivity contribution in [2.24, 2.45) is 0 Å². The zero-order valence-corrected chi connectivity index (χ0v) is 16.4. The Morgan fingerprint density at radius 1 is 1.14 bits per heavy atom. The van der Waals surface area contributed by atoms with E-state index in [0.717, 1.165) is 17.1 Å². The Morgan fingerprint density at radius 2 is 1.93 bits per heavy atom. The summed E-state index contributed by atoms with van der Waals surface area (Å²) in [7, 11) is 3.06. The standard InChI is InChI=1S/C19H16N4O5S/c1-25-14-6-11-12(7-15(14)26-2)21-19-23(17(11)24)22-18(29-19)20-8-10-3-4-13-16(5-10)28-9-27-13/h3-7H,8-9H2,1-2H3,(H,20,22). The van der Waals surface area contributed by atoms with E-state index in [1.165, 1.54) is 23.0 Å². The van der Waals surface area contributed by atoms with Crippen molar-refractivity contribution in [1.82, 2.24) is 14.6 Å². The first-order chi connectivity index (χ1) is 14.2. The Kier molecular flexibility index (Phi) is 4.13. The number of ether oxygens (including phenoxy) is 4. The number of benzene rings is 2. The molecule has 1 aliphatic rings. The van der Waals surface area contributed by atoms with Gasteiger partial charge in [0.15, 0.2) is 23.0 Å². The van der Waals surface area contributed by atoms with E-state index in [9.17, 15) is 4.79 Å². The fourth-order valence-electron chi connectivity index (χ4n) is 3.14. The van der Waals surface area contributed by atoms with Gasteiger partial charge in [-0.05, 0) is 23.8 Å². The first-order valence-corrected chi connectivity index (χ1v) is 9.56. The van der Waals surface area contributed by atoms with Gasteiger partial charge in [-0.15, -0.1) is 5.10 Å². The molecule has 0 radical (unpaired) electrons. The van der Waals surface area contributed by atoms with Crippen LogP contribution in [0, 0.1) is 0 Å². The molecule has 0 saturated carbocycles. The van der Waals surface area contributed by atoms with Gasteiger partial charge in [-0.25, -0.2) is 4.98 Å². The van der Waals surface area contributed by atoms with Crippen LogP contribution < -0.4 is 29.8 Å². The van der Waals surface area contributed by atoms with Gasteiger partial charge >= 0.3 is 0 Å². The molecular formula is C19H16N4O5S. The Hall–Kier alpha value is -3.53. The lowest BCUT2D eigenvalue weighted by Gasteiger charge is -2.08. The summed E-state index contributed by atoms with van der Waals surface area (Å²) in [6, 6.07) is 9.05. The van der Waals surface area contributed by atoms with E-state index in [1.807, 2.05) is 18.2 Å². The predicted molar refractivity (Wildman–Crippen MR) is 108 cm³/mol. The molecule has 9 nitrogen and oxygen atoms in total. The molecule has 2 aromatic carbocycles. The third kappa shape index (κ3) is 2.97. The van der Waals surface area contributed by atoms with Crippen LogP contribution in [0.3, 0.4) is 0 Å². The van der Waals surface area contributed by atoms with Gasteiger partial charge < -0.3 is 24.3 Å². The van der Waals surface area contributed by atoms with Crippen LogP contribution in [-0.4, -0.2) is 35.6 Å². The highest BCUT2D eigenvalue weighted by molar-refractivity contribution is 7.20. The minimum atomic E-state index is -0.265. The van der Waals surface area contributed by atoms with Crippen molar-refractivity contribution < 1.29 is 18.9 Å². The quantitative estimate of drug-likeness (QED) is 0.535. The van der Waals surface area contributed by atoms with Crippen molar-refractivity contribution in [2.75, 3.05) is 26.3 Å². The van der Waals surface area contributed by atoms with Crippen molar-refractivity contribution in [3.05, 3.63) is 46.2 Å². The molecule has 29 heavy (non-hydrogen) atoms. The third-order valence-corrected chi connectivity index (χ3v) is 5.45. The van der Waals surface area contributed by atoms with Crippen LogP contribution >= 0.6 is 11.3 Å². The van der Waals surface area contributed by atoms with Gasteiger partial charge in [0.2, 0.25) is 16.9 Å². The SMILES string of the molecule is COc1cc2nc3sc(NCc4ccc5c(c4)OCO5)nn3c(=O)c2cc1OC. The number of anilines is 1. The second-order valence-electron chi connectivity index (χ2n) is 6.28. The topological polar surface area (TPSA) is 96.2 Å². The molecule has 10 heteroatoms. The van der Waals surface area contributed by atoms with Crippen molar-refractivity contribution in [3.63, 3.8) is 0 Å². The van der Waals surface area contributed by atoms with Gasteiger partial charge in [-0.3, -0.25) is 4.79 Å². The van der Waals surface area contributed by atoms with Crippen molar-refractivity contribution >= 4 is 32.3 Å². The molecule has 0 bridgehead atoms. The van der Waals surface area contributed by atoms with Gasteiger partial charge in [-0.1, -0.05) is 17.4 Å². The number of hydrogen-bond acceptors (Lipinski definition) is 9. The zero-order valence-electron chi connectivity index (χ0n) is 15.6. The van der Waals surface area contributed by atoms with E-state index < -0.39 is 0 Å². The van der Waals surface area contributed by atoms with Crippen LogP contribution in [0.4, 0.5) is 5.13 Å². The summed E-state index contributed by atoms with van der Waals surface area (Å²) in [4.78, 5) is 17.9. The lowest BCUT2D eigenvalue weighted by atomic mass is 10.2. The first kappa shape index (κ1) is 17.6. The zero-order chi connectivity index (χ0) is 20.0. The largest absolute Gasteiger partial charge is 0.493 e. The molecule has 4 aromatic rings. The molecule has 1 aliphatic heterocycles. The van der Waals surface area contributed by atoms with E-state index in [2.05, 4.69) is 15.4 Å². The Morgan fingerprint density at radius 3 is 2.76 bits per heavy atom. The van der Waals surface area contributed by atoms with Crippen LogP contribution in [-0.2, 0) is 6.54 Å². The number of methoxy groups -OCH3 is 2. The molecule has 0 spiro atoms. The van der Waals surface area contributed by atoms with Crippen molar-refractivity contribution in [1.29, 1.82) is 0 Å². The highest BCUT2D eigenvalue weighted by Gasteiger charge is 2.16. The predicted octanol–water partition coefficient (Wildman–Crippen LogP) is 2.66. The summed E-state index contributed by atoms with van der Waals surface area (Å²) in [6.45, 7) is 0.758. The summed E-state index contributed by atoms with van der Waals surface area (Å²) in [5.41, 5.74) is 1.27. The van der Waals surface area contributed by atoms with Gasteiger partial charge in [-0.2, -0.15) is 4.52 Å². The van der Waals surface area contributed by atoms with Crippen LogP contribution in [0.15, 0.2) is 35.1 Å². The van der Waals surface area contributed by atoms with E-state index in [4.69, 9.17) is 18.9 Å². The summed E-state index contributed by atoms with van der Waals surface area (Å²) < 4.78 is 22.6. The summed E-state index contributed by atoms with van der Waals surface area (Å²) in [5.74, 6) is 2.44. The first-order valence-electron chi connectivity index (χ1n) is 8.74. The minimum absolute atomic E-state index is 0.238. The molecule has 0 atom stereocenters. The molecule has 148 valence electrons. The molecule has 0 amide bonds. The Labute approximate surface area is 168 Å². The van der Waals surface area contributed by atoms with E-state index >= 15 is 0 Å². The average molecular weight is 412 g/mol. The normalized spacial score (nSPS) is 12.5. The summed E-state index contributed by atoms with van der Waals surface area (Å²) in [6.07, 6.45) is 0. The van der Waals surface area contributed by atoms with Crippen molar-refractivity contribution in [2.45, 2.75) is 6.54 Å². The molecule has 3 heterocycles. The highest BCUT2D eigenvalue weighted by atomic mass is 32.1. The summed E-state index contributed by atoms with van der Waals surface area (Å²) >= 11 is 1.30. The molecule has 0 saturated heterocycles. The van der Waals surface area contributed by atoms with Crippen LogP contribution in [0.5, 0.6) is 23.0 Å². The van der Waals surface area contributed by atoms with Crippen molar-refractivity contribution in [3.8, 4) is 23.0 Å². The number of fused-ring (bicyclic) bond motifs is 3. The Balaban J connectivity index is 1.48. The molecule has 0 fully saturated rings. The molecule has 2 aromatic heterocycles. The molecular weight excluding hydrogens is 396 g/mol. The molecule has 1 N–H and O–H groups in total. The maximum atomic E-state index is 12.9. The fraction of sp³-hybridized carbons (Fsp3) is 0.211. The van der Waals surface area contributed by atoms with Gasteiger partial charge in [0.1, 0.15) is 0 Å². The molecule has 0 unspecified atom stereocenters. The maximum Gasteiger partial charge on any atom is 0.283 e. The number of nitrogens with zero attached hydrogens (tertiary/aromatic N) is 3. The van der Waals surface area contributed by atoms with Crippen LogP contribution in [0.2, 0.25) is 0 Å². The third-order valence-electron chi connectivity index (χ3n) is 4.58. The van der Waals surface area contributed by atoms with Gasteiger partial charge in [0.05, 0.1) is 25.1 Å². The average Bonchev–Trinajstić information content (AvgIpc) is 3.37. The van der Waals surface area contributed by atoms with Gasteiger partial charge in [0.25, 0.3) is 5.56 Å². The number of rotatable bonds is 5. The second-order valence-corrected chi connectivity index (χ2v) is 7.24. The fourth-order valence-corrected chi connectivity index (χ4v) is 3.93. The van der Waals surface area contributed by atoms with Crippen LogP contribution in [0.25, 0.3) is 15.9 Å². The summed E-state index contributed by atoms with van der Waals surface area (Å²) in [5, 5.41) is 8.59. The van der Waals surface area contributed by atoms with E-state index in [-0.39, 0.29) is 12.4 Å². The van der Waals surface area contributed by atoms with E-state index in [1.54, 1.807) is 19.2 Å². The smallest absolute Gasteiger partial charge is 0.283 e. The maximum absolute atomic E-state index is 12.9. The molecule has 0 aliphatic carbocycles. The number of aromatic nitrogens is 3. The monoisotopic (exact) mass is 412 g/mol. The highest BCUT2D eigenvalue weighted by Crippen LogP contribution is 2.33. The van der Waals surface area contributed by atoms with Crippen LogP contribution in [0.1, 0.15) is 5.56 Å². The van der Waals surface area contributed by atoms with E-state index in [0.29, 0.717) is 39.0 Å². The lowest BCUT2D eigenvalue weighted by Crippen LogP contribution is -2.15. The Bertz CT molecular complexity index is 1300. The lowest BCUT2D eigenvalue weighted by molar-refractivity contribution is 0.174. The minimum Gasteiger partial charge on any atom is -0.493 e. The van der Waals surface area contributed by atoms with Gasteiger partial charge in [0, 0.05) is 12.6 Å².